The summed E-state index contributed by atoms with van der Waals surface area (Å²) in [6, 6.07) is 39.5. The zero-order valence-corrected chi connectivity index (χ0v) is 22.7. The van der Waals surface area contributed by atoms with Gasteiger partial charge in [0, 0.05) is 32.5 Å². The minimum atomic E-state index is -0.200. The summed E-state index contributed by atoms with van der Waals surface area (Å²) in [6.45, 7) is 4.64. The minimum absolute atomic E-state index is 0.200. The van der Waals surface area contributed by atoms with E-state index in [9.17, 15) is 0 Å². The molecule has 2 heteroatoms. The smallest absolute Gasteiger partial charge is 0.144 e. The highest BCUT2D eigenvalue weighted by molar-refractivity contribution is 6.31. The van der Waals surface area contributed by atoms with E-state index in [1.807, 2.05) is 0 Å². The Hall–Kier alpha value is -5.08. The minimum Gasteiger partial charge on any atom is -0.456 e. The summed E-state index contributed by atoms with van der Waals surface area (Å²) in [5, 5.41) is 12.4. The van der Waals surface area contributed by atoms with E-state index in [4.69, 9.17) is 8.83 Å². The number of fused-ring (bicyclic) bond motifs is 6. The van der Waals surface area contributed by atoms with Gasteiger partial charge < -0.3 is 8.83 Å². The summed E-state index contributed by atoms with van der Waals surface area (Å²) in [6.07, 6.45) is 0. The Balaban J connectivity index is 1.40. The molecule has 2 nitrogen and oxygen atoms in total. The highest BCUT2D eigenvalue weighted by Gasteiger charge is 2.35. The molecule has 0 unspecified atom stereocenters. The lowest BCUT2D eigenvalue weighted by molar-refractivity contribution is 0.644. The second-order valence-electron chi connectivity index (χ2n) is 12.0. The molecule has 10 rings (SSSR count). The average molecular weight is 525 g/mol. The van der Waals surface area contributed by atoms with Crippen molar-refractivity contribution < 1.29 is 8.83 Å². The van der Waals surface area contributed by atoms with Crippen molar-refractivity contribution in [2.75, 3.05) is 0 Å². The van der Waals surface area contributed by atoms with Crippen molar-refractivity contribution in [1.29, 1.82) is 0 Å². The lowest BCUT2D eigenvalue weighted by Gasteiger charge is -2.26. The van der Waals surface area contributed by atoms with Crippen molar-refractivity contribution in [3.05, 3.63) is 120 Å². The van der Waals surface area contributed by atoms with E-state index >= 15 is 0 Å². The van der Waals surface area contributed by atoms with E-state index in [-0.39, 0.29) is 5.41 Å². The van der Waals surface area contributed by atoms with Gasteiger partial charge in [-0.1, -0.05) is 98.8 Å². The molecular weight excluding hydrogens is 500 g/mol. The molecule has 0 saturated carbocycles. The van der Waals surface area contributed by atoms with Crippen LogP contribution in [0.15, 0.2) is 118 Å². The first-order chi connectivity index (χ1) is 20.1. The standard InChI is InChI=1S/C39H24O2/c1-39(2)29-13-7-15-31-34(29)36-33(40-31)20-27(38-37(36)35-30(39)14-8-16-32(35)41-38)21-17-18-26-24-11-4-3-9-22(24)23-10-5-6-12-25(23)28(26)19-21/h3-20H,1-2H3. The molecule has 2 heterocycles. The molecule has 0 amide bonds. The fraction of sp³-hybridized carbons (Fsp3) is 0.0769. The first-order valence-electron chi connectivity index (χ1n) is 14.3. The summed E-state index contributed by atoms with van der Waals surface area (Å²) < 4.78 is 13.4. The van der Waals surface area contributed by atoms with Crippen LogP contribution in [0.2, 0.25) is 0 Å². The van der Waals surface area contributed by atoms with Crippen LogP contribution in [0.3, 0.4) is 0 Å². The first kappa shape index (κ1) is 21.7. The fourth-order valence-electron chi connectivity index (χ4n) is 7.77. The summed E-state index contributed by atoms with van der Waals surface area (Å²) in [7, 11) is 0. The van der Waals surface area contributed by atoms with Gasteiger partial charge in [0.2, 0.25) is 0 Å². The van der Waals surface area contributed by atoms with Gasteiger partial charge >= 0.3 is 0 Å². The van der Waals surface area contributed by atoms with Crippen LogP contribution in [-0.2, 0) is 5.41 Å². The molecule has 0 bridgehead atoms. The van der Waals surface area contributed by atoms with Gasteiger partial charge in [-0.25, -0.2) is 0 Å². The molecule has 0 spiro atoms. The fourth-order valence-corrected chi connectivity index (χ4v) is 7.77. The van der Waals surface area contributed by atoms with Crippen LogP contribution in [0.25, 0.3) is 87.3 Å². The molecule has 192 valence electrons. The van der Waals surface area contributed by atoms with Gasteiger partial charge in [-0.05, 0) is 73.3 Å². The number of rotatable bonds is 1. The van der Waals surface area contributed by atoms with E-state index in [1.165, 1.54) is 65.0 Å². The third-order valence-electron chi connectivity index (χ3n) is 9.63. The van der Waals surface area contributed by atoms with Crippen LogP contribution >= 0.6 is 0 Å². The third-order valence-corrected chi connectivity index (χ3v) is 9.63. The molecule has 7 aromatic carbocycles. The summed E-state index contributed by atoms with van der Waals surface area (Å²) in [5.74, 6) is 0. The molecule has 0 aliphatic heterocycles. The Morgan fingerprint density at radius 1 is 0.439 bits per heavy atom. The number of hydrogen-bond donors (Lipinski definition) is 0. The van der Waals surface area contributed by atoms with Crippen molar-refractivity contribution in [3.63, 3.8) is 0 Å². The molecule has 9 aromatic rings. The van der Waals surface area contributed by atoms with Crippen LogP contribution in [0, 0.1) is 0 Å². The van der Waals surface area contributed by atoms with Crippen LogP contribution in [0.1, 0.15) is 25.0 Å². The summed E-state index contributed by atoms with van der Waals surface area (Å²) in [5.41, 5.74) is 8.30. The highest BCUT2D eigenvalue weighted by atomic mass is 16.3. The molecule has 1 aliphatic rings. The van der Waals surface area contributed by atoms with Gasteiger partial charge in [-0.15, -0.1) is 0 Å². The Kier molecular flexibility index (Phi) is 3.79. The van der Waals surface area contributed by atoms with E-state index in [0.717, 1.165) is 33.5 Å². The zero-order valence-electron chi connectivity index (χ0n) is 22.7. The lowest BCUT2D eigenvalue weighted by Crippen LogP contribution is -2.18. The van der Waals surface area contributed by atoms with Gasteiger partial charge in [-0.2, -0.15) is 0 Å². The second-order valence-corrected chi connectivity index (χ2v) is 12.0. The maximum atomic E-state index is 6.80. The average Bonchev–Trinajstić information content (AvgIpc) is 3.56. The van der Waals surface area contributed by atoms with Gasteiger partial charge in [0.15, 0.2) is 0 Å². The second kappa shape index (κ2) is 7.16. The molecular formula is C39H24O2. The van der Waals surface area contributed by atoms with E-state index in [0.29, 0.717) is 0 Å². The molecule has 0 saturated heterocycles. The maximum absolute atomic E-state index is 6.80. The molecule has 0 atom stereocenters. The number of hydrogen-bond acceptors (Lipinski definition) is 2. The molecule has 0 radical (unpaired) electrons. The van der Waals surface area contributed by atoms with Gasteiger partial charge in [0.1, 0.15) is 22.3 Å². The first-order valence-corrected chi connectivity index (χ1v) is 14.3. The zero-order chi connectivity index (χ0) is 27.0. The topological polar surface area (TPSA) is 26.3 Å². The summed E-state index contributed by atoms with van der Waals surface area (Å²) >= 11 is 0. The van der Waals surface area contributed by atoms with Crippen LogP contribution in [-0.4, -0.2) is 0 Å². The van der Waals surface area contributed by atoms with Crippen molar-refractivity contribution in [2.24, 2.45) is 0 Å². The van der Waals surface area contributed by atoms with E-state index < -0.39 is 0 Å². The number of furan rings is 2. The van der Waals surface area contributed by atoms with Crippen LogP contribution in [0.4, 0.5) is 0 Å². The normalized spacial score (nSPS) is 14.3. The molecule has 0 N–H and O–H groups in total. The van der Waals surface area contributed by atoms with Gasteiger partial charge in [0.05, 0.1) is 0 Å². The van der Waals surface area contributed by atoms with Crippen LogP contribution in [0.5, 0.6) is 0 Å². The molecule has 0 fully saturated rings. The van der Waals surface area contributed by atoms with Crippen molar-refractivity contribution >= 4 is 76.2 Å². The molecule has 41 heavy (non-hydrogen) atoms. The Morgan fingerprint density at radius 3 is 1.66 bits per heavy atom. The monoisotopic (exact) mass is 524 g/mol. The third kappa shape index (κ3) is 2.55. The predicted octanol–water partition coefficient (Wildman–Crippen LogP) is 11.3. The Morgan fingerprint density at radius 2 is 1.00 bits per heavy atom. The van der Waals surface area contributed by atoms with E-state index in [2.05, 4.69) is 123 Å². The van der Waals surface area contributed by atoms with Gasteiger partial charge in [0.25, 0.3) is 0 Å². The molecule has 2 aromatic heterocycles. The van der Waals surface area contributed by atoms with Crippen LogP contribution < -0.4 is 0 Å². The predicted molar refractivity (Wildman–Crippen MR) is 171 cm³/mol. The highest BCUT2D eigenvalue weighted by Crippen LogP contribution is 2.53. The molecule has 1 aliphatic carbocycles. The SMILES string of the molecule is CC1(C)c2cccc3oc4cc(-c5ccc6c7ccccc7c7ccccc7c6c5)c5oc6cccc1c6c5c4c23. The largest absolute Gasteiger partial charge is 0.456 e. The van der Waals surface area contributed by atoms with Crippen molar-refractivity contribution in [3.8, 4) is 11.1 Å². The maximum Gasteiger partial charge on any atom is 0.144 e. The quantitative estimate of drug-likeness (QED) is 0.200. The number of benzene rings is 7. The Labute approximate surface area is 235 Å². The van der Waals surface area contributed by atoms with Crippen molar-refractivity contribution in [1.82, 2.24) is 0 Å². The van der Waals surface area contributed by atoms with E-state index in [1.54, 1.807) is 0 Å². The Bertz CT molecular complexity index is 2570. The van der Waals surface area contributed by atoms with Crippen molar-refractivity contribution in [2.45, 2.75) is 19.3 Å². The van der Waals surface area contributed by atoms with Gasteiger partial charge in [-0.3, -0.25) is 0 Å². The lowest BCUT2D eigenvalue weighted by atomic mass is 9.76. The summed E-state index contributed by atoms with van der Waals surface area (Å²) in [4.78, 5) is 0.